The van der Waals surface area contributed by atoms with Crippen molar-refractivity contribution in [2.75, 3.05) is 23.7 Å². The number of aryl methyl sites for hydroxylation is 1. The van der Waals surface area contributed by atoms with E-state index in [4.69, 9.17) is 0 Å². The molecular weight excluding hydrogens is 264 g/mol. The lowest BCUT2D eigenvalue weighted by atomic mass is 10.2. The van der Waals surface area contributed by atoms with Gasteiger partial charge in [0.05, 0.1) is 17.6 Å². The molecule has 7 heteroatoms. The topological polar surface area (TPSA) is 78.1 Å². The van der Waals surface area contributed by atoms with Gasteiger partial charge < -0.3 is 9.88 Å². The number of para-hydroxylation sites is 2. The molecule has 1 heterocycles. The third kappa shape index (κ3) is 2.87. The minimum absolute atomic E-state index is 0.0542. The number of aromatic nitrogens is 2. The fourth-order valence-corrected chi connectivity index (χ4v) is 2.73. The Morgan fingerprint density at radius 1 is 1.26 bits per heavy atom. The fraction of sp³-hybridized carbons (Fsp3) is 0.250. The zero-order chi connectivity index (χ0) is 14.0. The summed E-state index contributed by atoms with van der Waals surface area (Å²) in [5.41, 5.74) is 1.32. The van der Waals surface area contributed by atoms with Gasteiger partial charge >= 0.3 is 0 Å². The second-order valence-corrected chi connectivity index (χ2v) is 6.00. The average molecular weight is 280 g/mol. The lowest BCUT2D eigenvalue weighted by Crippen LogP contribution is -2.17. The molecule has 0 spiro atoms. The molecule has 0 aliphatic carbocycles. The molecule has 0 amide bonds. The quantitative estimate of drug-likeness (QED) is 0.891. The Morgan fingerprint density at radius 2 is 1.95 bits per heavy atom. The van der Waals surface area contributed by atoms with Gasteiger partial charge in [-0.2, -0.15) is 8.42 Å². The number of hydrogen-bond acceptors (Lipinski definition) is 4. The van der Waals surface area contributed by atoms with E-state index in [1.807, 2.05) is 31.1 Å². The van der Waals surface area contributed by atoms with Gasteiger partial charge in [-0.15, -0.1) is 0 Å². The van der Waals surface area contributed by atoms with Crippen LogP contribution in [0.3, 0.4) is 0 Å². The third-order valence-corrected chi connectivity index (χ3v) is 3.87. The van der Waals surface area contributed by atoms with Crippen molar-refractivity contribution in [1.29, 1.82) is 0 Å². The summed E-state index contributed by atoms with van der Waals surface area (Å²) < 4.78 is 26.9. The first kappa shape index (κ1) is 13.4. The predicted octanol–water partition coefficient (Wildman–Crippen LogP) is 1.58. The largest absolute Gasteiger partial charge is 0.376 e. The molecule has 19 heavy (non-hydrogen) atoms. The number of nitrogens with one attached hydrogen (secondary N) is 2. The molecule has 2 rings (SSSR count). The number of hydrogen-bond donors (Lipinski definition) is 2. The Bertz CT molecular complexity index is 677. The van der Waals surface area contributed by atoms with E-state index in [0.29, 0.717) is 11.5 Å². The monoisotopic (exact) mass is 280 g/mol. The Hall–Kier alpha value is -2.02. The molecule has 0 aliphatic heterocycles. The van der Waals surface area contributed by atoms with Crippen molar-refractivity contribution in [1.82, 2.24) is 9.97 Å². The summed E-state index contributed by atoms with van der Waals surface area (Å²) in [7, 11) is 0.0660. The molecule has 0 fully saturated rings. The number of aromatic amines is 1. The molecule has 1 aromatic heterocycles. The van der Waals surface area contributed by atoms with Crippen molar-refractivity contribution in [3.63, 3.8) is 0 Å². The predicted molar refractivity (Wildman–Crippen MR) is 74.9 cm³/mol. The van der Waals surface area contributed by atoms with E-state index in [1.54, 1.807) is 19.1 Å². The van der Waals surface area contributed by atoms with Crippen LogP contribution in [0.15, 0.2) is 35.5 Å². The van der Waals surface area contributed by atoms with Crippen molar-refractivity contribution in [2.24, 2.45) is 0 Å². The highest BCUT2D eigenvalue weighted by Gasteiger charge is 2.18. The summed E-state index contributed by atoms with van der Waals surface area (Å²) in [6.45, 7) is 1.70. The highest BCUT2D eigenvalue weighted by molar-refractivity contribution is 7.92. The molecule has 1 aromatic carbocycles. The van der Waals surface area contributed by atoms with Crippen LogP contribution >= 0.6 is 0 Å². The van der Waals surface area contributed by atoms with Crippen LogP contribution in [0.4, 0.5) is 11.4 Å². The van der Waals surface area contributed by atoms with E-state index >= 15 is 0 Å². The third-order valence-electron chi connectivity index (χ3n) is 2.60. The summed E-state index contributed by atoms with van der Waals surface area (Å²) in [4.78, 5) is 8.45. The number of H-pyrrole nitrogens is 1. The van der Waals surface area contributed by atoms with Crippen molar-refractivity contribution >= 4 is 21.4 Å². The van der Waals surface area contributed by atoms with Gasteiger partial charge in [-0.3, -0.25) is 4.72 Å². The number of rotatable bonds is 4. The van der Waals surface area contributed by atoms with Gasteiger partial charge in [-0.1, -0.05) is 12.1 Å². The molecule has 2 N–H and O–H groups in total. The van der Waals surface area contributed by atoms with Crippen LogP contribution in [0.25, 0.3) is 0 Å². The van der Waals surface area contributed by atoms with Crippen LogP contribution in [-0.2, 0) is 10.0 Å². The van der Waals surface area contributed by atoms with E-state index in [2.05, 4.69) is 14.7 Å². The number of anilines is 2. The summed E-state index contributed by atoms with van der Waals surface area (Å²) >= 11 is 0. The van der Waals surface area contributed by atoms with Crippen LogP contribution in [-0.4, -0.2) is 32.5 Å². The summed E-state index contributed by atoms with van der Waals surface area (Å²) in [6, 6.07) is 7.20. The highest BCUT2D eigenvalue weighted by Crippen LogP contribution is 2.25. The SMILES string of the molecule is Cc1ncc(S(=O)(=O)Nc2ccccc2N(C)C)[nH]1. The normalized spacial score (nSPS) is 11.3. The molecule has 0 saturated carbocycles. The molecule has 2 aromatic rings. The lowest BCUT2D eigenvalue weighted by Gasteiger charge is -2.17. The van der Waals surface area contributed by atoms with Crippen molar-refractivity contribution in [2.45, 2.75) is 11.9 Å². The van der Waals surface area contributed by atoms with Gasteiger partial charge in [0.25, 0.3) is 10.0 Å². The van der Waals surface area contributed by atoms with Crippen molar-refractivity contribution in [3.05, 3.63) is 36.3 Å². The van der Waals surface area contributed by atoms with E-state index in [9.17, 15) is 8.42 Å². The van der Waals surface area contributed by atoms with Gasteiger partial charge in [0.1, 0.15) is 5.82 Å². The van der Waals surface area contributed by atoms with Crippen LogP contribution < -0.4 is 9.62 Å². The van der Waals surface area contributed by atoms with Crippen LogP contribution in [0.1, 0.15) is 5.82 Å². The first-order valence-electron chi connectivity index (χ1n) is 5.71. The molecule has 0 aliphatic rings. The Morgan fingerprint density at radius 3 is 2.53 bits per heavy atom. The fourth-order valence-electron chi connectivity index (χ4n) is 1.68. The van der Waals surface area contributed by atoms with Crippen LogP contribution in [0.5, 0.6) is 0 Å². The second-order valence-electron chi connectivity index (χ2n) is 4.35. The van der Waals surface area contributed by atoms with Gasteiger partial charge in [0.2, 0.25) is 0 Å². The van der Waals surface area contributed by atoms with Crippen molar-refractivity contribution < 1.29 is 8.42 Å². The molecule has 0 atom stereocenters. The molecular formula is C12H16N4O2S. The summed E-state index contributed by atoms with van der Waals surface area (Å²) in [6.07, 6.45) is 1.30. The molecule has 0 unspecified atom stereocenters. The number of benzene rings is 1. The van der Waals surface area contributed by atoms with Crippen LogP contribution in [0.2, 0.25) is 0 Å². The first-order valence-corrected chi connectivity index (χ1v) is 7.19. The van der Waals surface area contributed by atoms with E-state index < -0.39 is 10.0 Å². The van der Waals surface area contributed by atoms with Crippen LogP contribution in [0, 0.1) is 6.92 Å². The maximum atomic E-state index is 12.2. The number of sulfonamides is 1. The Kier molecular flexibility index (Phi) is 3.48. The number of nitrogens with zero attached hydrogens (tertiary/aromatic N) is 2. The summed E-state index contributed by atoms with van der Waals surface area (Å²) in [5, 5.41) is 0.0542. The Labute approximate surface area is 112 Å². The van der Waals surface area contributed by atoms with E-state index in [0.717, 1.165) is 5.69 Å². The first-order chi connectivity index (χ1) is 8.90. The average Bonchev–Trinajstić information content (AvgIpc) is 2.76. The van der Waals surface area contributed by atoms with E-state index in [1.165, 1.54) is 6.20 Å². The maximum absolute atomic E-state index is 12.2. The molecule has 6 nitrogen and oxygen atoms in total. The maximum Gasteiger partial charge on any atom is 0.279 e. The molecule has 0 bridgehead atoms. The van der Waals surface area contributed by atoms with Gasteiger partial charge in [0.15, 0.2) is 5.03 Å². The van der Waals surface area contributed by atoms with E-state index in [-0.39, 0.29) is 5.03 Å². The second kappa shape index (κ2) is 4.93. The zero-order valence-corrected chi connectivity index (χ0v) is 11.8. The lowest BCUT2D eigenvalue weighted by molar-refractivity contribution is 0.598. The number of imidazole rings is 1. The smallest absolute Gasteiger partial charge is 0.279 e. The summed E-state index contributed by atoms with van der Waals surface area (Å²) in [5.74, 6) is 0.557. The van der Waals surface area contributed by atoms with Gasteiger partial charge in [0, 0.05) is 14.1 Å². The minimum Gasteiger partial charge on any atom is -0.376 e. The highest BCUT2D eigenvalue weighted by atomic mass is 32.2. The standard InChI is InChI=1S/C12H16N4O2S/c1-9-13-8-12(14-9)19(17,18)15-10-6-4-5-7-11(10)16(2)3/h4-8,15H,1-3H3,(H,13,14). The zero-order valence-electron chi connectivity index (χ0n) is 11.0. The molecule has 102 valence electrons. The molecule has 0 radical (unpaired) electrons. The molecule has 0 saturated heterocycles. The minimum atomic E-state index is -3.64. The van der Waals surface area contributed by atoms with Gasteiger partial charge in [-0.05, 0) is 19.1 Å². The van der Waals surface area contributed by atoms with Gasteiger partial charge in [-0.25, -0.2) is 4.98 Å². The Balaban J connectivity index is 2.36. The van der Waals surface area contributed by atoms with Crippen molar-refractivity contribution in [3.8, 4) is 0 Å².